The molecule has 0 saturated heterocycles. The lowest BCUT2D eigenvalue weighted by Crippen LogP contribution is -2.23. The van der Waals surface area contributed by atoms with Gasteiger partial charge in [-0.3, -0.25) is 4.98 Å². The van der Waals surface area contributed by atoms with Crippen LogP contribution in [0.2, 0.25) is 0 Å². The van der Waals surface area contributed by atoms with Gasteiger partial charge < -0.3 is 0 Å². The van der Waals surface area contributed by atoms with Crippen molar-refractivity contribution in [3.8, 4) is 11.3 Å². The number of aryl methyl sites for hydroxylation is 1. The van der Waals surface area contributed by atoms with E-state index in [1.54, 1.807) is 0 Å². The van der Waals surface area contributed by atoms with Crippen LogP contribution in [0.1, 0.15) is 64.2 Å². The molecule has 0 radical (unpaired) electrons. The molecule has 0 fully saturated rings. The van der Waals surface area contributed by atoms with E-state index in [1.807, 2.05) is 6.20 Å². The van der Waals surface area contributed by atoms with Gasteiger partial charge in [0.25, 0.3) is 0 Å². The largest absolute Gasteiger partial charge is 0.256 e. The van der Waals surface area contributed by atoms with E-state index in [4.69, 9.17) is 4.98 Å². The summed E-state index contributed by atoms with van der Waals surface area (Å²) in [5, 5.41) is 5.22. The van der Waals surface area contributed by atoms with Gasteiger partial charge in [-0.1, -0.05) is 65.0 Å². The first-order chi connectivity index (χ1) is 14.2. The Balaban J connectivity index is 1.81. The Morgan fingerprint density at radius 2 is 1.63 bits per heavy atom. The number of aromatic nitrogens is 1. The summed E-state index contributed by atoms with van der Waals surface area (Å²) in [4.78, 5) is 4.90. The summed E-state index contributed by atoms with van der Waals surface area (Å²) >= 11 is 0. The highest BCUT2D eigenvalue weighted by molar-refractivity contribution is 5.99. The van der Waals surface area contributed by atoms with Crippen LogP contribution in [0.3, 0.4) is 0 Å². The maximum atomic E-state index is 4.90. The smallest absolute Gasteiger partial charge is 0.0780 e. The summed E-state index contributed by atoms with van der Waals surface area (Å²) in [6.45, 7) is 11.7. The van der Waals surface area contributed by atoms with Gasteiger partial charge in [0.1, 0.15) is 0 Å². The van der Waals surface area contributed by atoms with Gasteiger partial charge in [0.15, 0.2) is 0 Å². The number of nitrogens with zero attached hydrogens (tertiary/aromatic N) is 1. The minimum Gasteiger partial charge on any atom is -0.256 e. The highest BCUT2D eigenvalue weighted by Gasteiger charge is 2.28. The maximum absolute atomic E-state index is 4.90. The molecule has 1 heteroatoms. The number of hydrogen-bond acceptors (Lipinski definition) is 1. The van der Waals surface area contributed by atoms with Gasteiger partial charge in [-0.05, 0) is 87.2 Å². The first kappa shape index (κ1) is 19.3. The van der Waals surface area contributed by atoms with E-state index in [0.29, 0.717) is 0 Å². The normalized spacial score (nSPS) is 16.0. The lowest BCUT2D eigenvalue weighted by molar-refractivity contribution is 0.432. The van der Waals surface area contributed by atoms with Gasteiger partial charge in [-0.15, -0.1) is 0 Å². The quantitative estimate of drug-likeness (QED) is 0.319. The molecule has 1 aromatic heterocycles. The highest BCUT2D eigenvalue weighted by atomic mass is 14.7. The molecule has 0 saturated carbocycles. The summed E-state index contributed by atoms with van der Waals surface area (Å²) in [5.41, 5.74) is 7.03. The molecule has 0 atom stereocenters. The number of pyridine rings is 1. The molecule has 0 unspecified atom stereocenters. The van der Waals surface area contributed by atoms with E-state index in [1.165, 1.54) is 63.1 Å². The predicted molar refractivity (Wildman–Crippen MR) is 129 cm³/mol. The lowest BCUT2D eigenvalue weighted by Gasteiger charge is -2.33. The Morgan fingerprint density at radius 3 is 2.43 bits per heavy atom. The molecule has 0 spiro atoms. The standard InChI is InChI=1S/C29H31N/c1-28(2,3)26-17-22(16-19-9-6-7-11-23(19)26)27-24-18-25-21(10-8-13-29(25,4)5)15-20(24)12-14-30-27/h6-7,9,11-12,14-18H,8,10,13H2,1-5H3. The van der Waals surface area contributed by atoms with Crippen molar-refractivity contribution in [1.29, 1.82) is 0 Å². The molecule has 1 aliphatic rings. The molecule has 0 N–H and O–H groups in total. The molecule has 30 heavy (non-hydrogen) atoms. The van der Waals surface area contributed by atoms with E-state index in [-0.39, 0.29) is 10.8 Å². The lowest BCUT2D eigenvalue weighted by atomic mass is 9.72. The van der Waals surface area contributed by atoms with E-state index in [0.717, 1.165) is 5.69 Å². The molecule has 0 amide bonds. The van der Waals surface area contributed by atoms with E-state index < -0.39 is 0 Å². The van der Waals surface area contributed by atoms with Crippen LogP contribution in [0.25, 0.3) is 32.8 Å². The zero-order valence-electron chi connectivity index (χ0n) is 18.8. The molecule has 1 nitrogen and oxygen atoms in total. The van der Waals surface area contributed by atoms with Crippen molar-refractivity contribution in [3.63, 3.8) is 0 Å². The van der Waals surface area contributed by atoms with Crippen LogP contribution >= 0.6 is 0 Å². The van der Waals surface area contributed by atoms with Gasteiger partial charge in [-0.2, -0.15) is 0 Å². The third-order valence-electron chi connectivity index (χ3n) is 6.91. The van der Waals surface area contributed by atoms with Gasteiger partial charge in [0.05, 0.1) is 5.69 Å². The molecular formula is C29H31N. The van der Waals surface area contributed by atoms with Crippen LogP contribution in [0, 0.1) is 0 Å². The summed E-state index contributed by atoms with van der Waals surface area (Å²) < 4.78 is 0. The minimum atomic E-state index is 0.0708. The van der Waals surface area contributed by atoms with Gasteiger partial charge >= 0.3 is 0 Å². The molecule has 1 aliphatic carbocycles. The first-order valence-electron chi connectivity index (χ1n) is 11.2. The van der Waals surface area contributed by atoms with Crippen molar-refractivity contribution in [3.05, 3.63) is 77.5 Å². The van der Waals surface area contributed by atoms with Crippen molar-refractivity contribution in [2.45, 2.75) is 64.7 Å². The van der Waals surface area contributed by atoms with Crippen molar-refractivity contribution >= 4 is 21.5 Å². The fourth-order valence-corrected chi connectivity index (χ4v) is 5.26. The molecule has 5 rings (SSSR count). The van der Waals surface area contributed by atoms with Gasteiger partial charge in [0, 0.05) is 17.1 Å². The Bertz CT molecular complexity index is 1270. The molecule has 1 heterocycles. The summed E-state index contributed by atoms with van der Waals surface area (Å²) in [5.74, 6) is 0. The van der Waals surface area contributed by atoms with Gasteiger partial charge in [-0.25, -0.2) is 0 Å². The van der Waals surface area contributed by atoms with Crippen LogP contribution in [0.15, 0.2) is 60.8 Å². The number of benzene rings is 3. The zero-order valence-corrected chi connectivity index (χ0v) is 18.8. The van der Waals surface area contributed by atoms with Crippen LogP contribution in [-0.2, 0) is 17.3 Å². The van der Waals surface area contributed by atoms with E-state index >= 15 is 0 Å². The minimum absolute atomic E-state index is 0.0708. The summed E-state index contributed by atoms with van der Waals surface area (Å²) in [7, 11) is 0. The topological polar surface area (TPSA) is 12.9 Å². The van der Waals surface area contributed by atoms with Crippen molar-refractivity contribution in [2.24, 2.45) is 0 Å². The summed E-state index contributed by atoms with van der Waals surface area (Å²) in [6.07, 6.45) is 5.70. The first-order valence-corrected chi connectivity index (χ1v) is 11.2. The maximum Gasteiger partial charge on any atom is 0.0780 e. The average Bonchev–Trinajstić information content (AvgIpc) is 2.70. The van der Waals surface area contributed by atoms with Crippen molar-refractivity contribution in [2.75, 3.05) is 0 Å². The second-order valence-electron chi connectivity index (χ2n) is 10.6. The fourth-order valence-electron chi connectivity index (χ4n) is 5.26. The van der Waals surface area contributed by atoms with Crippen LogP contribution in [-0.4, -0.2) is 4.98 Å². The Hall–Kier alpha value is -2.67. The van der Waals surface area contributed by atoms with Gasteiger partial charge in [0.2, 0.25) is 0 Å². The Labute approximate surface area is 180 Å². The Kier molecular flexibility index (Phi) is 4.29. The molecule has 0 aliphatic heterocycles. The third kappa shape index (κ3) is 3.12. The average molecular weight is 394 g/mol. The van der Waals surface area contributed by atoms with Crippen LogP contribution in [0.5, 0.6) is 0 Å². The second-order valence-corrected chi connectivity index (χ2v) is 10.6. The van der Waals surface area contributed by atoms with Crippen molar-refractivity contribution in [1.82, 2.24) is 4.98 Å². The molecule has 0 bridgehead atoms. The molecule has 4 aromatic rings. The Morgan fingerprint density at radius 1 is 0.867 bits per heavy atom. The van der Waals surface area contributed by atoms with E-state index in [9.17, 15) is 0 Å². The summed E-state index contributed by atoms with van der Waals surface area (Å²) in [6, 6.07) is 20.5. The van der Waals surface area contributed by atoms with Crippen LogP contribution in [0.4, 0.5) is 0 Å². The number of fused-ring (bicyclic) bond motifs is 3. The SMILES string of the molecule is CC(C)(C)c1cc(-c2nccc3cc4c(cc23)C(C)(C)CCC4)cc2ccccc12. The molecule has 152 valence electrons. The highest BCUT2D eigenvalue weighted by Crippen LogP contribution is 2.41. The van der Waals surface area contributed by atoms with E-state index in [2.05, 4.69) is 89.2 Å². The second kappa shape index (κ2) is 6.67. The number of hydrogen-bond donors (Lipinski definition) is 0. The molecule has 3 aromatic carbocycles. The van der Waals surface area contributed by atoms with Crippen molar-refractivity contribution < 1.29 is 0 Å². The van der Waals surface area contributed by atoms with Crippen LogP contribution < -0.4 is 0 Å². The number of rotatable bonds is 1. The zero-order chi connectivity index (χ0) is 21.1. The fraction of sp³-hybridized carbons (Fsp3) is 0.345. The third-order valence-corrected chi connectivity index (χ3v) is 6.91. The molecular weight excluding hydrogens is 362 g/mol. The monoisotopic (exact) mass is 393 g/mol. The predicted octanol–water partition coefficient (Wildman–Crippen LogP) is 7.97.